The molecule has 0 saturated carbocycles. The standard InChI is InChI=1S/C19H15NO5S/c21-16-10-8-13(12-17(16)22)9-11-19(23)20-26(24,25)18-7-3-5-14-4-1-2-6-15(14)18/h1-12,21-22H,(H,20,23). The van der Waals surface area contributed by atoms with Gasteiger partial charge in [0, 0.05) is 11.5 Å². The molecule has 26 heavy (non-hydrogen) atoms. The molecule has 0 aliphatic rings. The van der Waals surface area contributed by atoms with Crippen LogP contribution >= 0.6 is 0 Å². The second-order valence-corrected chi connectivity index (χ2v) is 7.18. The van der Waals surface area contributed by atoms with E-state index in [0.717, 1.165) is 11.5 Å². The van der Waals surface area contributed by atoms with Crippen molar-refractivity contribution in [3.05, 3.63) is 72.3 Å². The minimum absolute atomic E-state index is 0.0135. The smallest absolute Gasteiger partial charge is 0.264 e. The molecule has 1 amide bonds. The molecule has 0 aromatic heterocycles. The molecule has 0 aliphatic heterocycles. The third kappa shape index (κ3) is 3.68. The fourth-order valence-electron chi connectivity index (χ4n) is 2.47. The lowest BCUT2D eigenvalue weighted by atomic mass is 10.1. The van der Waals surface area contributed by atoms with Crippen LogP contribution in [-0.4, -0.2) is 24.5 Å². The molecule has 3 rings (SSSR count). The maximum Gasteiger partial charge on any atom is 0.264 e. The maximum atomic E-state index is 12.5. The minimum Gasteiger partial charge on any atom is -0.504 e. The Morgan fingerprint density at radius 3 is 2.42 bits per heavy atom. The van der Waals surface area contributed by atoms with Crippen LogP contribution in [0.1, 0.15) is 5.56 Å². The van der Waals surface area contributed by atoms with Gasteiger partial charge in [0.2, 0.25) is 0 Å². The fraction of sp³-hybridized carbons (Fsp3) is 0. The number of amides is 1. The fourth-order valence-corrected chi connectivity index (χ4v) is 3.64. The van der Waals surface area contributed by atoms with Crippen molar-refractivity contribution in [2.75, 3.05) is 0 Å². The highest BCUT2D eigenvalue weighted by Crippen LogP contribution is 2.25. The number of phenolic OH excluding ortho intramolecular Hbond substituents is 2. The summed E-state index contributed by atoms with van der Waals surface area (Å²) in [5.74, 6) is -1.45. The van der Waals surface area contributed by atoms with E-state index in [1.54, 1.807) is 36.4 Å². The summed E-state index contributed by atoms with van der Waals surface area (Å²) in [5, 5.41) is 19.9. The summed E-state index contributed by atoms with van der Waals surface area (Å²) >= 11 is 0. The van der Waals surface area contributed by atoms with Gasteiger partial charge in [0.05, 0.1) is 4.90 Å². The van der Waals surface area contributed by atoms with Crippen LogP contribution in [0.2, 0.25) is 0 Å². The van der Waals surface area contributed by atoms with E-state index in [0.29, 0.717) is 10.9 Å². The van der Waals surface area contributed by atoms with Crippen LogP contribution in [-0.2, 0) is 14.8 Å². The third-order valence-electron chi connectivity index (χ3n) is 3.70. The predicted molar refractivity (Wildman–Crippen MR) is 98.1 cm³/mol. The van der Waals surface area contributed by atoms with E-state index in [2.05, 4.69) is 0 Å². The molecule has 3 aromatic rings. The van der Waals surface area contributed by atoms with Gasteiger partial charge in [-0.05, 0) is 35.2 Å². The Labute approximate surface area is 150 Å². The number of carbonyl (C=O) groups excluding carboxylic acids is 1. The van der Waals surface area contributed by atoms with Gasteiger partial charge in [-0.25, -0.2) is 13.1 Å². The first kappa shape index (κ1) is 17.5. The normalized spacial score (nSPS) is 11.7. The summed E-state index contributed by atoms with van der Waals surface area (Å²) in [6.45, 7) is 0. The summed E-state index contributed by atoms with van der Waals surface area (Å²) in [6.07, 6.45) is 2.36. The van der Waals surface area contributed by atoms with Crippen LogP contribution in [0.15, 0.2) is 71.6 Å². The lowest BCUT2D eigenvalue weighted by Crippen LogP contribution is -2.29. The molecule has 0 heterocycles. The van der Waals surface area contributed by atoms with E-state index in [1.165, 1.54) is 30.3 Å². The van der Waals surface area contributed by atoms with Gasteiger partial charge < -0.3 is 10.2 Å². The van der Waals surface area contributed by atoms with Crippen molar-refractivity contribution in [2.24, 2.45) is 0 Å². The molecule has 132 valence electrons. The Morgan fingerprint density at radius 1 is 0.923 bits per heavy atom. The van der Waals surface area contributed by atoms with E-state index < -0.39 is 15.9 Å². The largest absolute Gasteiger partial charge is 0.504 e. The van der Waals surface area contributed by atoms with Gasteiger partial charge in [0.25, 0.3) is 15.9 Å². The molecule has 0 unspecified atom stereocenters. The molecule has 0 saturated heterocycles. The lowest BCUT2D eigenvalue weighted by Gasteiger charge is -2.08. The Balaban J connectivity index is 1.83. The number of hydrogen-bond acceptors (Lipinski definition) is 5. The molecule has 0 radical (unpaired) electrons. The Bertz CT molecular complexity index is 1110. The average molecular weight is 369 g/mol. The van der Waals surface area contributed by atoms with E-state index >= 15 is 0 Å². The summed E-state index contributed by atoms with van der Waals surface area (Å²) < 4.78 is 27.1. The molecule has 7 heteroatoms. The summed E-state index contributed by atoms with van der Waals surface area (Å²) in [5.41, 5.74) is 0.429. The lowest BCUT2D eigenvalue weighted by molar-refractivity contribution is -0.114. The maximum absolute atomic E-state index is 12.5. The Hall–Kier alpha value is -3.32. The molecule has 0 bridgehead atoms. The first-order valence-electron chi connectivity index (χ1n) is 7.61. The van der Waals surface area contributed by atoms with Gasteiger partial charge in [0.15, 0.2) is 11.5 Å². The highest BCUT2D eigenvalue weighted by atomic mass is 32.2. The predicted octanol–water partition coefficient (Wildman–Crippen LogP) is 2.77. The van der Waals surface area contributed by atoms with Crippen LogP contribution in [0, 0.1) is 0 Å². The molecule has 3 aromatic carbocycles. The number of benzene rings is 3. The number of carbonyl (C=O) groups is 1. The summed E-state index contributed by atoms with van der Waals surface area (Å²) in [6, 6.07) is 15.8. The van der Waals surface area contributed by atoms with Gasteiger partial charge in [-0.3, -0.25) is 4.79 Å². The molecule has 0 aliphatic carbocycles. The number of nitrogens with one attached hydrogen (secondary N) is 1. The number of aromatic hydroxyl groups is 2. The van der Waals surface area contributed by atoms with Gasteiger partial charge in [-0.1, -0.05) is 42.5 Å². The van der Waals surface area contributed by atoms with Gasteiger partial charge >= 0.3 is 0 Å². The number of sulfonamides is 1. The second-order valence-electron chi connectivity index (χ2n) is 5.53. The highest BCUT2D eigenvalue weighted by molar-refractivity contribution is 7.90. The SMILES string of the molecule is O=C(C=Cc1ccc(O)c(O)c1)NS(=O)(=O)c1cccc2ccccc12. The number of rotatable bonds is 4. The number of phenols is 2. The van der Waals surface area contributed by atoms with Crippen molar-refractivity contribution in [2.45, 2.75) is 4.90 Å². The zero-order chi connectivity index (χ0) is 18.7. The van der Waals surface area contributed by atoms with Crippen LogP contribution in [0.4, 0.5) is 0 Å². The molecule has 0 atom stereocenters. The Morgan fingerprint density at radius 2 is 1.65 bits per heavy atom. The van der Waals surface area contributed by atoms with E-state index in [1.807, 2.05) is 4.72 Å². The second kappa shape index (κ2) is 6.89. The highest BCUT2D eigenvalue weighted by Gasteiger charge is 2.18. The molecule has 0 fully saturated rings. The van der Waals surface area contributed by atoms with Gasteiger partial charge in [-0.2, -0.15) is 0 Å². The molecule has 3 N–H and O–H groups in total. The Kier molecular flexibility index (Phi) is 4.64. The van der Waals surface area contributed by atoms with Crippen LogP contribution in [0.5, 0.6) is 11.5 Å². The first-order chi connectivity index (χ1) is 12.4. The van der Waals surface area contributed by atoms with Crippen molar-refractivity contribution in [3.8, 4) is 11.5 Å². The van der Waals surface area contributed by atoms with Gasteiger partial charge in [0.1, 0.15) is 0 Å². The summed E-state index contributed by atoms with van der Waals surface area (Å²) in [4.78, 5) is 12.0. The van der Waals surface area contributed by atoms with Crippen molar-refractivity contribution >= 4 is 32.8 Å². The van der Waals surface area contributed by atoms with Crippen LogP contribution in [0.3, 0.4) is 0 Å². The van der Waals surface area contributed by atoms with Crippen molar-refractivity contribution < 1.29 is 23.4 Å². The quantitative estimate of drug-likeness (QED) is 0.485. The van der Waals surface area contributed by atoms with Crippen molar-refractivity contribution in [1.82, 2.24) is 4.72 Å². The number of hydrogen-bond donors (Lipinski definition) is 3. The molecule has 0 spiro atoms. The number of fused-ring (bicyclic) bond motifs is 1. The topological polar surface area (TPSA) is 104 Å². The van der Waals surface area contributed by atoms with Crippen LogP contribution < -0.4 is 4.72 Å². The van der Waals surface area contributed by atoms with E-state index in [9.17, 15) is 23.4 Å². The van der Waals surface area contributed by atoms with Crippen molar-refractivity contribution in [3.63, 3.8) is 0 Å². The first-order valence-corrected chi connectivity index (χ1v) is 9.10. The average Bonchev–Trinajstić information content (AvgIpc) is 2.62. The monoisotopic (exact) mass is 369 g/mol. The van der Waals surface area contributed by atoms with Crippen molar-refractivity contribution in [1.29, 1.82) is 0 Å². The minimum atomic E-state index is -4.05. The molecule has 6 nitrogen and oxygen atoms in total. The molecular formula is C19H15NO5S. The van der Waals surface area contributed by atoms with Gasteiger partial charge in [-0.15, -0.1) is 0 Å². The van der Waals surface area contributed by atoms with Crippen LogP contribution in [0.25, 0.3) is 16.8 Å². The zero-order valence-electron chi connectivity index (χ0n) is 13.5. The third-order valence-corrected chi connectivity index (χ3v) is 5.11. The molecular weight excluding hydrogens is 354 g/mol. The van der Waals surface area contributed by atoms with E-state index in [4.69, 9.17) is 0 Å². The summed E-state index contributed by atoms with van der Waals surface area (Å²) in [7, 11) is -4.05. The zero-order valence-corrected chi connectivity index (χ0v) is 14.3. The van der Waals surface area contributed by atoms with E-state index in [-0.39, 0.29) is 16.4 Å².